The van der Waals surface area contributed by atoms with Gasteiger partial charge in [-0.15, -0.1) is 0 Å². The predicted octanol–water partition coefficient (Wildman–Crippen LogP) is 7.58. The fraction of sp³-hybridized carbons (Fsp3) is 0.263. The van der Waals surface area contributed by atoms with Gasteiger partial charge >= 0.3 is 0 Å². The van der Waals surface area contributed by atoms with E-state index in [9.17, 15) is 0 Å². The molecule has 2 aromatic carbocycles. The van der Waals surface area contributed by atoms with Gasteiger partial charge in [-0.05, 0) is 43.2 Å². The fourth-order valence-electron chi connectivity index (χ4n) is 2.06. The predicted molar refractivity (Wildman–Crippen MR) is 113 cm³/mol. The summed E-state index contributed by atoms with van der Waals surface area (Å²) >= 11 is 29.3. The van der Waals surface area contributed by atoms with Crippen molar-refractivity contribution in [1.29, 1.82) is 0 Å². The number of benzene rings is 2. The molecule has 2 aromatic rings. The molecule has 0 unspecified atom stereocenters. The summed E-state index contributed by atoms with van der Waals surface area (Å²) in [6.45, 7) is 1.26. The van der Waals surface area contributed by atoms with Gasteiger partial charge in [0, 0.05) is 17.2 Å². The van der Waals surface area contributed by atoms with Crippen molar-refractivity contribution in [3.63, 3.8) is 0 Å². The molecule has 8 heteroatoms. The Morgan fingerprint density at radius 3 is 1.96 bits per heavy atom. The molecule has 0 aliphatic heterocycles. The second-order valence-corrected chi connectivity index (χ2v) is 7.64. The summed E-state index contributed by atoms with van der Waals surface area (Å²) < 4.78 is 16.9. The molecule has 0 atom stereocenters. The van der Waals surface area contributed by atoms with E-state index in [0.29, 0.717) is 39.8 Å². The third kappa shape index (κ3) is 8.28. The van der Waals surface area contributed by atoms with Crippen LogP contribution in [0.3, 0.4) is 0 Å². The van der Waals surface area contributed by atoms with Crippen LogP contribution in [0.4, 0.5) is 0 Å². The van der Waals surface area contributed by atoms with E-state index in [-0.39, 0.29) is 11.1 Å². The Balaban J connectivity index is 1.73. The second kappa shape index (κ2) is 11.8. The monoisotopic (exact) mass is 468 g/mol. The first-order chi connectivity index (χ1) is 13.0. The molecule has 0 amide bonds. The maximum atomic E-state index is 6.22. The molecule has 0 heterocycles. The van der Waals surface area contributed by atoms with Crippen LogP contribution < -0.4 is 14.2 Å². The minimum absolute atomic E-state index is 0.132. The largest absolute Gasteiger partial charge is 0.494 e. The molecule has 146 valence electrons. The highest BCUT2D eigenvalue weighted by Gasteiger charge is 2.10. The van der Waals surface area contributed by atoms with Gasteiger partial charge < -0.3 is 14.2 Å². The van der Waals surface area contributed by atoms with E-state index in [2.05, 4.69) is 0 Å². The van der Waals surface area contributed by atoms with Gasteiger partial charge in [-0.25, -0.2) is 0 Å². The van der Waals surface area contributed by atoms with E-state index in [1.165, 1.54) is 6.08 Å². The Labute approximate surface area is 183 Å². The molecular formula is C19H17Cl5O3. The standard InChI is InChI=1S/C19H17Cl5O3/c20-13-3-5-14(6-4-13)25-8-1-2-9-27-19-16(21)11-15(12-17(19)22)26-10-7-18(23)24/h3-7,11-12H,1-2,8-10H2. The highest BCUT2D eigenvalue weighted by Crippen LogP contribution is 2.37. The molecule has 0 saturated carbocycles. The van der Waals surface area contributed by atoms with Gasteiger partial charge in [0.25, 0.3) is 0 Å². The first-order valence-electron chi connectivity index (χ1n) is 8.10. The van der Waals surface area contributed by atoms with Crippen LogP contribution in [0, 0.1) is 0 Å². The molecule has 0 fully saturated rings. The minimum Gasteiger partial charge on any atom is -0.494 e. The average Bonchev–Trinajstić information content (AvgIpc) is 2.61. The average molecular weight is 471 g/mol. The van der Waals surface area contributed by atoms with E-state index in [1.807, 2.05) is 12.1 Å². The minimum atomic E-state index is 0.132. The molecule has 2 rings (SSSR count). The molecule has 0 aliphatic carbocycles. The van der Waals surface area contributed by atoms with Crippen LogP contribution in [0.15, 0.2) is 47.0 Å². The Hall–Kier alpha value is -0.970. The van der Waals surface area contributed by atoms with Crippen molar-refractivity contribution in [2.75, 3.05) is 19.8 Å². The third-order valence-electron chi connectivity index (χ3n) is 3.33. The molecule has 0 saturated heterocycles. The van der Waals surface area contributed by atoms with Crippen LogP contribution in [-0.2, 0) is 0 Å². The van der Waals surface area contributed by atoms with Crippen molar-refractivity contribution >= 4 is 58.0 Å². The van der Waals surface area contributed by atoms with Crippen molar-refractivity contribution in [3.8, 4) is 17.2 Å². The highest BCUT2D eigenvalue weighted by molar-refractivity contribution is 6.55. The third-order valence-corrected chi connectivity index (χ3v) is 4.45. The van der Waals surface area contributed by atoms with E-state index >= 15 is 0 Å². The van der Waals surface area contributed by atoms with E-state index in [4.69, 9.17) is 72.2 Å². The Morgan fingerprint density at radius 2 is 1.37 bits per heavy atom. The SMILES string of the molecule is ClC(Cl)=CCOc1cc(Cl)c(OCCCCOc2ccc(Cl)cc2)c(Cl)c1. The van der Waals surface area contributed by atoms with Gasteiger partial charge in [0.15, 0.2) is 5.75 Å². The number of hydrogen-bond acceptors (Lipinski definition) is 3. The van der Waals surface area contributed by atoms with Crippen molar-refractivity contribution in [2.24, 2.45) is 0 Å². The van der Waals surface area contributed by atoms with Gasteiger partial charge in [-0.2, -0.15) is 0 Å². The number of unbranched alkanes of at least 4 members (excludes halogenated alkanes) is 1. The lowest BCUT2D eigenvalue weighted by Crippen LogP contribution is -2.03. The van der Waals surface area contributed by atoms with E-state index in [0.717, 1.165) is 18.6 Å². The molecule has 0 radical (unpaired) electrons. The fourth-order valence-corrected chi connectivity index (χ4v) is 2.89. The van der Waals surface area contributed by atoms with Gasteiger partial charge in [0.1, 0.15) is 22.6 Å². The highest BCUT2D eigenvalue weighted by atomic mass is 35.5. The molecule has 3 nitrogen and oxygen atoms in total. The van der Waals surface area contributed by atoms with E-state index in [1.54, 1.807) is 24.3 Å². The Morgan fingerprint density at radius 1 is 0.778 bits per heavy atom. The molecule has 0 bridgehead atoms. The van der Waals surface area contributed by atoms with Crippen molar-refractivity contribution < 1.29 is 14.2 Å². The number of hydrogen-bond donors (Lipinski definition) is 0. The smallest absolute Gasteiger partial charge is 0.156 e. The summed E-state index contributed by atoms with van der Waals surface area (Å²) in [6, 6.07) is 10.5. The Kier molecular flexibility index (Phi) is 9.74. The maximum Gasteiger partial charge on any atom is 0.156 e. The zero-order chi connectivity index (χ0) is 19.6. The zero-order valence-corrected chi connectivity index (χ0v) is 18.0. The first-order valence-corrected chi connectivity index (χ1v) is 9.99. The Bertz CT molecular complexity index is 735. The van der Waals surface area contributed by atoms with Crippen LogP contribution in [0.5, 0.6) is 17.2 Å². The van der Waals surface area contributed by atoms with Gasteiger partial charge in [0.2, 0.25) is 0 Å². The molecular weight excluding hydrogens is 453 g/mol. The molecule has 0 spiro atoms. The summed E-state index contributed by atoms with van der Waals surface area (Å²) in [5, 5.41) is 1.42. The summed E-state index contributed by atoms with van der Waals surface area (Å²) in [7, 11) is 0. The van der Waals surface area contributed by atoms with Crippen molar-refractivity contribution in [3.05, 3.63) is 62.0 Å². The summed E-state index contributed by atoms with van der Waals surface area (Å²) in [6.07, 6.45) is 3.13. The molecule has 0 aliphatic rings. The van der Waals surface area contributed by atoms with Crippen molar-refractivity contribution in [2.45, 2.75) is 12.8 Å². The van der Waals surface area contributed by atoms with Gasteiger partial charge in [0.05, 0.1) is 23.3 Å². The van der Waals surface area contributed by atoms with E-state index < -0.39 is 0 Å². The van der Waals surface area contributed by atoms with Crippen molar-refractivity contribution in [1.82, 2.24) is 0 Å². The summed E-state index contributed by atoms with van der Waals surface area (Å²) in [4.78, 5) is 0. The van der Waals surface area contributed by atoms with Crippen LogP contribution >= 0.6 is 58.0 Å². The van der Waals surface area contributed by atoms with Gasteiger partial charge in [-0.1, -0.05) is 58.0 Å². The lowest BCUT2D eigenvalue weighted by molar-refractivity contribution is 0.266. The van der Waals surface area contributed by atoms with Crippen LogP contribution in [0.2, 0.25) is 15.1 Å². The second-order valence-electron chi connectivity index (χ2n) is 5.38. The first kappa shape index (κ1) is 22.3. The summed E-state index contributed by atoms with van der Waals surface area (Å²) in [5.74, 6) is 1.71. The lowest BCUT2D eigenvalue weighted by atomic mass is 10.3. The normalized spacial score (nSPS) is 10.4. The van der Waals surface area contributed by atoms with Crippen LogP contribution in [-0.4, -0.2) is 19.8 Å². The summed E-state index contributed by atoms with van der Waals surface area (Å²) in [5.41, 5.74) is 0. The van der Waals surface area contributed by atoms with Crippen LogP contribution in [0.1, 0.15) is 12.8 Å². The maximum absolute atomic E-state index is 6.22. The zero-order valence-electron chi connectivity index (χ0n) is 14.2. The topological polar surface area (TPSA) is 27.7 Å². The number of halogens is 5. The number of rotatable bonds is 10. The number of ether oxygens (including phenoxy) is 3. The van der Waals surface area contributed by atoms with Gasteiger partial charge in [-0.3, -0.25) is 0 Å². The molecule has 0 aromatic heterocycles. The lowest BCUT2D eigenvalue weighted by Gasteiger charge is -2.12. The van der Waals surface area contributed by atoms with Crippen LogP contribution in [0.25, 0.3) is 0 Å². The molecule has 0 N–H and O–H groups in total. The quantitative estimate of drug-likeness (QED) is 0.335. The molecule has 27 heavy (non-hydrogen) atoms.